The Labute approximate surface area is 291 Å². The molecule has 0 amide bonds. The zero-order valence-electron chi connectivity index (χ0n) is 31.6. The van der Waals surface area contributed by atoms with Gasteiger partial charge in [0.05, 0.1) is 0 Å². The van der Waals surface area contributed by atoms with E-state index in [4.69, 9.17) is 23.7 Å². The summed E-state index contributed by atoms with van der Waals surface area (Å²) in [6, 6.07) is 0. The molecule has 1 aliphatic heterocycles. The van der Waals surface area contributed by atoms with Crippen molar-refractivity contribution in [1.82, 2.24) is 4.90 Å². The van der Waals surface area contributed by atoms with Gasteiger partial charge in [0.1, 0.15) is 12.7 Å². The molecule has 10 nitrogen and oxygen atoms in total. The third kappa shape index (κ3) is 21.7. The van der Waals surface area contributed by atoms with Crippen LogP contribution in [0.1, 0.15) is 151 Å². The molecule has 0 aromatic heterocycles. The van der Waals surface area contributed by atoms with Crippen molar-refractivity contribution in [2.45, 2.75) is 175 Å². The monoisotopic (exact) mass is 683 g/mol. The molecule has 4 atom stereocenters. The number of hydrogen-bond acceptors (Lipinski definition) is 10. The molecule has 1 heterocycles. The van der Waals surface area contributed by atoms with Crippen LogP contribution >= 0.6 is 0 Å². The molecule has 1 fully saturated rings. The molecule has 280 valence electrons. The minimum Gasteiger partial charge on any atom is -0.463 e. The second kappa shape index (κ2) is 25.7. The van der Waals surface area contributed by atoms with Crippen molar-refractivity contribution < 1.29 is 42.9 Å². The van der Waals surface area contributed by atoms with Gasteiger partial charge in [-0.1, -0.05) is 99.3 Å². The average Bonchev–Trinajstić information content (AvgIpc) is 3.29. The Morgan fingerprint density at radius 2 is 0.958 bits per heavy atom. The highest BCUT2D eigenvalue weighted by atomic mass is 16.8. The summed E-state index contributed by atoms with van der Waals surface area (Å²) in [6.07, 6.45) is 7.97. The number of carbonyl (C=O) groups is 4. The quantitative estimate of drug-likeness (QED) is 0.0483. The van der Waals surface area contributed by atoms with Crippen LogP contribution in [0.4, 0.5) is 0 Å². The van der Waals surface area contributed by atoms with Gasteiger partial charge in [-0.25, -0.2) is 0 Å². The Morgan fingerprint density at radius 3 is 1.40 bits per heavy atom. The van der Waals surface area contributed by atoms with E-state index in [0.717, 1.165) is 64.3 Å². The van der Waals surface area contributed by atoms with E-state index in [1.807, 2.05) is 19.0 Å². The van der Waals surface area contributed by atoms with Gasteiger partial charge in [0.15, 0.2) is 6.10 Å². The predicted molar refractivity (Wildman–Crippen MR) is 187 cm³/mol. The molecule has 10 heteroatoms. The maximum absolute atomic E-state index is 13.1. The van der Waals surface area contributed by atoms with Crippen molar-refractivity contribution >= 4 is 23.9 Å². The van der Waals surface area contributed by atoms with E-state index in [2.05, 4.69) is 41.5 Å². The van der Waals surface area contributed by atoms with Gasteiger partial charge in [-0.2, -0.15) is 0 Å². The average molecular weight is 684 g/mol. The fourth-order valence-electron chi connectivity index (χ4n) is 5.58. The van der Waals surface area contributed by atoms with Crippen molar-refractivity contribution in [3.8, 4) is 0 Å². The van der Waals surface area contributed by atoms with Crippen molar-refractivity contribution in [2.24, 2.45) is 17.8 Å². The molecule has 0 saturated carbocycles. The van der Waals surface area contributed by atoms with Gasteiger partial charge < -0.3 is 28.6 Å². The highest BCUT2D eigenvalue weighted by Gasteiger charge is 2.52. The molecule has 0 N–H and O–H groups in total. The lowest BCUT2D eigenvalue weighted by Crippen LogP contribution is -2.42. The van der Waals surface area contributed by atoms with Crippen LogP contribution in [-0.2, 0) is 42.9 Å². The molecule has 0 aliphatic carbocycles. The van der Waals surface area contributed by atoms with Gasteiger partial charge in [-0.3, -0.25) is 19.2 Å². The van der Waals surface area contributed by atoms with E-state index in [1.54, 1.807) is 0 Å². The molecule has 1 rings (SSSR count). The van der Waals surface area contributed by atoms with E-state index in [9.17, 15) is 19.2 Å². The van der Waals surface area contributed by atoms with Crippen LogP contribution in [0, 0.1) is 17.8 Å². The maximum Gasteiger partial charge on any atom is 0.308 e. The lowest BCUT2D eigenvalue weighted by atomic mass is 10.0. The number of rotatable bonds is 27. The summed E-state index contributed by atoms with van der Waals surface area (Å²) >= 11 is 0. The van der Waals surface area contributed by atoms with Crippen LogP contribution in [0.5, 0.6) is 0 Å². The summed E-state index contributed by atoms with van der Waals surface area (Å²) in [5.74, 6) is -0.00931. The smallest absolute Gasteiger partial charge is 0.308 e. The van der Waals surface area contributed by atoms with E-state index in [-0.39, 0.29) is 32.3 Å². The molecular formula is C38H69NO9. The van der Waals surface area contributed by atoms with Gasteiger partial charge in [-0.15, -0.1) is 0 Å². The minimum absolute atomic E-state index is 0.188. The Balaban J connectivity index is 3.02. The summed E-state index contributed by atoms with van der Waals surface area (Å²) in [7, 11) is 3.86. The topological polar surface area (TPSA) is 118 Å². The molecular weight excluding hydrogens is 614 g/mol. The van der Waals surface area contributed by atoms with Crippen LogP contribution in [0.3, 0.4) is 0 Å². The number of carbonyl (C=O) groups excluding carboxylic acids is 4. The van der Waals surface area contributed by atoms with Crippen LogP contribution in [-0.4, -0.2) is 80.6 Å². The third-order valence-electron chi connectivity index (χ3n) is 8.43. The number of esters is 4. The first-order valence-electron chi connectivity index (χ1n) is 18.8. The second-order valence-corrected chi connectivity index (χ2v) is 15.0. The molecule has 0 radical (unpaired) electrons. The molecule has 0 aromatic carbocycles. The lowest BCUT2D eigenvalue weighted by Gasteiger charge is -2.24. The molecule has 1 unspecified atom stereocenters. The zero-order valence-corrected chi connectivity index (χ0v) is 31.6. The van der Waals surface area contributed by atoms with Gasteiger partial charge >= 0.3 is 23.9 Å². The highest BCUT2D eigenvalue weighted by Crippen LogP contribution is 2.30. The van der Waals surface area contributed by atoms with E-state index >= 15 is 0 Å². The highest BCUT2D eigenvalue weighted by molar-refractivity contribution is 5.72. The number of unbranched alkanes of at least 4 members (excludes halogenated alkanes) is 6. The molecule has 0 spiro atoms. The van der Waals surface area contributed by atoms with Crippen molar-refractivity contribution in [3.63, 3.8) is 0 Å². The number of hydrogen-bond donors (Lipinski definition) is 0. The summed E-state index contributed by atoms with van der Waals surface area (Å²) in [5.41, 5.74) is 0. The van der Waals surface area contributed by atoms with Gasteiger partial charge in [0.25, 0.3) is 0 Å². The Bertz CT molecular complexity index is 905. The molecule has 1 aliphatic rings. The van der Waals surface area contributed by atoms with Crippen LogP contribution < -0.4 is 0 Å². The Kier molecular flexibility index (Phi) is 23.5. The summed E-state index contributed by atoms with van der Waals surface area (Å²) in [6.45, 7) is 13.5. The van der Waals surface area contributed by atoms with E-state index in [0.29, 0.717) is 43.4 Å². The molecule has 1 saturated heterocycles. The predicted octanol–water partition coefficient (Wildman–Crippen LogP) is 7.78. The van der Waals surface area contributed by atoms with Crippen molar-refractivity contribution in [1.29, 1.82) is 0 Å². The Morgan fingerprint density at radius 1 is 0.542 bits per heavy atom. The minimum atomic E-state index is -1.28. The third-order valence-corrected chi connectivity index (χ3v) is 8.43. The van der Waals surface area contributed by atoms with E-state index in [1.165, 1.54) is 0 Å². The van der Waals surface area contributed by atoms with Gasteiger partial charge in [0.2, 0.25) is 12.4 Å². The first-order chi connectivity index (χ1) is 22.8. The second-order valence-electron chi connectivity index (χ2n) is 15.0. The normalized spacial score (nSPS) is 19.3. The zero-order chi connectivity index (χ0) is 35.9. The largest absolute Gasteiger partial charge is 0.463 e. The van der Waals surface area contributed by atoms with Crippen LogP contribution in [0.25, 0.3) is 0 Å². The fourth-order valence-corrected chi connectivity index (χ4v) is 5.58. The first kappa shape index (κ1) is 43.8. The lowest BCUT2D eigenvalue weighted by molar-refractivity contribution is -0.200. The summed E-state index contributed by atoms with van der Waals surface area (Å²) in [5, 5.41) is 0. The molecule has 0 bridgehead atoms. The Hall–Kier alpha value is -2.20. The SMILES string of the molecule is CC(C)CCCCCC(=O)OC1[C@@H](COC(=O)CCCN(C)C)O[C@@H](OC(=O)CCCCCC(C)C)[C@H]1OC(=O)CCCCCC(C)C. The maximum atomic E-state index is 13.1. The first-order valence-corrected chi connectivity index (χ1v) is 18.8. The number of ether oxygens (including phenoxy) is 5. The molecule has 48 heavy (non-hydrogen) atoms. The van der Waals surface area contributed by atoms with Gasteiger partial charge in [0, 0.05) is 25.7 Å². The fraction of sp³-hybridized carbons (Fsp3) is 0.895. The number of nitrogens with zero attached hydrogens (tertiary/aromatic N) is 1. The summed E-state index contributed by atoms with van der Waals surface area (Å²) < 4.78 is 29.1. The summed E-state index contributed by atoms with van der Waals surface area (Å²) in [4.78, 5) is 53.5. The van der Waals surface area contributed by atoms with Crippen molar-refractivity contribution in [3.05, 3.63) is 0 Å². The standard InChI is InChI=1S/C38H69NO9/c1-28(2)19-12-9-15-22-33(41)46-36-31(27-44-32(40)25-18-26-39(7)8)45-38(48-35(43)24-17-11-14-21-30(5)6)37(36)47-34(42)23-16-10-13-20-29(3)4/h28-31,36-38H,9-27H2,1-8H3/t31-,36?,37+,38+/m1/s1. The van der Waals surface area contributed by atoms with Gasteiger partial charge in [-0.05, 0) is 64.1 Å². The molecule has 0 aromatic rings. The van der Waals surface area contributed by atoms with Crippen LogP contribution in [0.15, 0.2) is 0 Å². The van der Waals surface area contributed by atoms with Crippen molar-refractivity contribution in [2.75, 3.05) is 27.2 Å². The van der Waals surface area contributed by atoms with Crippen LogP contribution in [0.2, 0.25) is 0 Å². The van der Waals surface area contributed by atoms with E-state index < -0.39 is 48.5 Å².